The molecule has 1 heterocycles. The SMILES string of the molecule is COCCOCCOc1cccc2[nH]c(C(=O)O)cc12. The number of benzene rings is 1. The van der Waals surface area contributed by atoms with Crippen LogP contribution >= 0.6 is 0 Å². The topological polar surface area (TPSA) is 80.8 Å². The maximum Gasteiger partial charge on any atom is 0.352 e. The van der Waals surface area contributed by atoms with E-state index in [2.05, 4.69) is 4.98 Å². The summed E-state index contributed by atoms with van der Waals surface area (Å²) in [5.74, 6) is -0.350. The summed E-state index contributed by atoms with van der Waals surface area (Å²) in [4.78, 5) is 13.8. The van der Waals surface area contributed by atoms with Gasteiger partial charge in [0.25, 0.3) is 0 Å². The van der Waals surface area contributed by atoms with E-state index in [4.69, 9.17) is 19.3 Å². The molecule has 1 aromatic carbocycles. The Bertz CT molecular complexity index is 578. The maximum atomic E-state index is 10.9. The second-order valence-electron chi connectivity index (χ2n) is 4.16. The van der Waals surface area contributed by atoms with Gasteiger partial charge in [0.15, 0.2) is 0 Å². The zero-order valence-corrected chi connectivity index (χ0v) is 11.2. The number of H-pyrrole nitrogens is 1. The molecule has 2 aromatic rings. The highest BCUT2D eigenvalue weighted by Crippen LogP contribution is 2.26. The lowest BCUT2D eigenvalue weighted by atomic mass is 10.2. The Kier molecular flexibility index (Phi) is 4.97. The van der Waals surface area contributed by atoms with Crippen LogP contribution in [0.1, 0.15) is 10.5 Å². The number of ether oxygens (including phenoxy) is 3. The molecule has 6 nitrogen and oxygen atoms in total. The maximum absolute atomic E-state index is 10.9. The second-order valence-corrected chi connectivity index (χ2v) is 4.16. The molecule has 0 bridgehead atoms. The molecule has 2 N–H and O–H groups in total. The van der Waals surface area contributed by atoms with Crippen molar-refractivity contribution in [1.82, 2.24) is 4.98 Å². The molecule has 0 spiro atoms. The van der Waals surface area contributed by atoms with Gasteiger partial charge in [-0.2, -0.15) is 0 Å². The third kappa shape index (κ3) is 3.49. The van der Waals surface area contributed by atoms with Gasteiger partial charge in [-0.05, 0) is 18.2 Å². The van der Waals surface area contributed by atoms with Crippen LogP contribution in [-0.4, -0.2) is 49.6 Å². The molecular formula is C14H17NO5. The predicted octanol–water partition coefficient (Wildman–Crippen LogP) is 1.91. The third-order valence-electron chi connectivity index (χ3n) is 2.77. The van der Waals surface area contributed by atoms with E-state index in [1.165, 1.54) is 0 Å². The molecular weight excluding hydrogens is 262 g/mol. The summed E-state index contributed by atoms with van der Waals surface area (Å²) in [5, 5.41) is 9.72. The summed E-state index contributed by atoms with van der Waals surface area (Å²) in [6, 6.07) is 6.99. The van der Waals surface area contributed by atoms with E-state index in [1.807, 2.05) is 12.1 Å². The van der Waals surface area contributed by atoms with Gasteiger partial charge in [-0.15, -0.1) is 0 Å². The highest BCUT2D eigenvalue weighted by molar-refractivity contribution is 5.96. The van der Waals surface area contributed by atoms with Gasteiger partial charge in [-0.1, -0.05) is 6.07 Å². The monoisotopic (exact) mass is 279 g/mol. The van der Waals surface area contributed by atoms with Gasteiger partial charge >= 0.3 is 5.97 Å². The Labute approximate surface area is 116 Å². The number of carbonyl (C=O) groups is 1. The first-order valence-corrected chi connectivity index (χ1v) is 6.27. The Balaban J connectivity index is 1.97. The molecule has 0 saturated carbocycles. The Morgan fingerprint density at radius 3 is 2.80 bits per heavy atom. The van der Waals surface area contributed by atoms with Crippen molar-refractivity contribution in [1.29, 1.82) is 0 Å². The number of hydrogen-bond donors (Lipinski definition) is 2. The minimum absolute atomic E-state index is 0.146. The molecule has 2 rings (SSSR count). The molecule has 0 atom stereocenters. The molecule has 0 radical (unpaired) electrons. The van der Waals surface area contributed by atoms with Gasteiger partial charge in [0.1, 0.15) is 18.1 Å². The smallest absolute Gasteiger partial charge is 0.352 e. The first-order chi connectivity index (χ1) is 9.72. The second kappa shape index (κ2) is 6.93. The number of methoxy groups -OCH3 is 1. The highest BCUT2D eigenvalue weighted by atomic mass is 16.5. The van der Waals surface area contributed by atoms with E-state index in [9.17, 15) is 4.79 Å². The van der Waals surface area contributed by atoms with Gasteiger partial charge in [0.2, 0.25) is 0 Å². The van der Waals surface area contributed by atoms with Gasteiger partial charge in [0.05, 0.1) is 19.8 Å². The van der Waals surface area contributed by atoms with Crippen LogP contribution < -0.4 is 4.74 Å². The molecule has 1 aromatic heterocycles. The van der Waals surface area contributed by atoms with Crippen LogP contribution in [0.5, 0.6) is 5.75 Å². The number of aromatic nitrogens is 1. The predicted molar refractivity (Wildman–Crippen MR) is 73.4 cm³/mol. The molecule has 0 aliphatic heterocycles. The van der Waals surface area contributed by atoms with Gasteiger partial charge in [-0.3, -0.25) is 0 Å². The van der Waals surface area contributed by atoms with Crippen LogP contribution in [0.4, 0.5) is 0 Å². The van der Waals surface area contributed by atoms with Crippen LogP contribution in [0, 0.1) is 0 Å². The van der Waals surface area contributed by atoms with Crippen molar-refractivity contribution >= 4 is 16.9 Å². The minimum Gasteiger partial charge on any atom is -0.490 e. The van der Waals surface area contributed by atoms with E-state index < -0.39 is 5.97 Å². The molecule has 0 saturated heterocycles. The zero-order valence-electron chi connectivity index (χ0n) is 11.2. The first kappa shape index (κ1) is 14.4. The number of nitrogens with one attached hydrogen (secondary N) is 1. The summed E-state index contributed by atoms with van der Waals surface area (Å²) in [6.07, 6.45) is 0. The van der Waals surface area contributed by atoms with E-state index in [-0.39, 0.29) is 5.69 Å². The molecule has 20 heavy (non-hydrogen) atoms. The van der Waals surface area contributed by atoms with Crippen molar-refractivity contribution in [2.24, 2.45) is 0 Å². The van der Waals surface area contributed by atoms with E-state index in [1.54, 1.807) is 19.2 Å². The normalized spacial score (nSPS) is 10.8. The van der Waals surface area contributed by atoms with Crippen LogP contribution in [0.15, 0.2) is 24.3 Å². The lowest BCUT2D eigenvalue weighted by Gasteiger charge is -2.07. The number of carboxylic acids is 1. The summed E-state index contributed by atoms with van der Waals surface area (Å²) < 4.78 is 15.8. The third-order valence-corrected chi connectivity index (χ3v) is 2.77. The largest absolute Gasteiger partial charge is 0.490 e. The highest BCUT2D eigenvalue weighted by Gasteiger charge is 2.10. The fraction of sp³-hybridized carbons (Fsp3) is 0.357. The molecule has 108 valence electrons. The minimum atomic E-state index is -0.991. The summed E-state index contributed by atoms with van der Waals surface area (Å²) in [5.41, 5.74) is 0.882. The Hall–Kier alpha value is -2.05. The van der Waals surface area contributed by atoms with E-state index in [0.717, 1.165) is 10.9 Å². The van der Waals surface area contributed by atoms with Crippen molar-refractivity contribution in [2.45, 2.75) is 0 Å². The fourth-order valence-electron chi connectivity index (χ4n) is 1.82. The first-order valence-electron chi connectivity index (χ1n) is 6.27. The van der Waals surface area contributed by atoms with Crippen molar-refractivity contribution in [3.63, 3.8) is 0 Å². The number of fused-ring (bicyclic) bond motifs is 1. The molecule has 0 unspecified atom stereocenters. The number of carboxylic acid groups (broad SMARTS) is 1. The quantitative estimate of drug-likeness (QED) is 0.721. The van der Waals surface area contributed by atoms with Crippen LogP contribution in [0.25, 0.3) is 10.9 Å². The van der Waals surface area contributed by atoms with Gasteiger partial charge in [0, 0.05) is 18.0 Å². The zero-order chi connectivity index (χ0) is 14.4. The Morgan fingerprint density at radius 2 is 2.05 bits per heavy atom. The average molecular weight is 279 g/mol. The summed E-state index contributed by atoms with van der Waals surface area (Å²) in [7, 11) is 1.62. The number of rotatable bonds is 8. The number of hydrogen-bond acceptors (Lipinski definition) is 4. The van der Waals surface area contributed by atoms with Crippen molar-refractivity contribution < 1.29 is 24.1 Å². The van der Waals surface area contributed by atoms with Gasteiger partial charge < -0.3 is 24.3 Å². The van der Waals surface area contributed by atoms with Gasteiger partial charge in [-0.25, -0.2) is 4.79 Å². The van der Waals surface area contributed by atoms with Crippen LogP contribution in [0.3, 0.4) is 0 Å². The fourth-order valence-corrected chi connectivity index (χ4v) is 1.82. The van der Waals surface area contributed by atoms with E-state index >= 15 is 0 Å². The lowest BCUT2D eigenvalue weighted by Crippen LogP contribution is -2.10. The molecule has 0 aliphatic rings. The lowest BCUT2D eigenvalue weighted by molar-refractivity contribution is 0.0547. The van der Waals surface area contributed by atoms with Crippen LogP contribution in [0.2, 0.25) is 0 Å². The van der Waals surface area contributed by atoms with E-state index in [0.29, 0.717) is 32.2 Å². The number of aromatic amines is 1. The molecule has 0 fully saturated rings. The molecule has 6 heteroatoms. The van der Waals surface area contributed by atoms with Crippen molar-refractivity contribution in [2.75, 3.05) is 33.5 Å². The van der Waals surface area contributed by atoms with Crippen molar-refractivity contribution in [3.05, 3.63) is 30.0 Å². The summed E-state index contributed by atoms with van der Waals surface area (Å²) in [6.45, 7) is 1.93. The van der Waals surface area contributed by atoms with Crippen LogP contribution in [-0.2, 0) is 9.47 Å². The van der Waals surface area contributed by atoms with Crippen molar-refractivity contribution in [3.8, 4) is 5.75 Å². The molecule has 0 amide bonds. The standard InChI is InChI=1S/C14H17NO5/c1-18-5-6-19-7-8-20-13-4-2-3-11-10(13)9-12(15-11)14(16)17/h2-4,9,15H,5-8H2,1H3,(H,16,17). The number of aromatic carboxylic acids is 1. The Morgan fingerprint density at radius 1 is 1.25 bits per heavy atom. The summed E-state index contributed by atoms with van der Waals surface area (Å²) >= 11 is 0. The molecule has 0 aliphatic carbocycles. The average Bonchev–Trinajstić information content (AvgIpc) is 2.87.